The maximum absolute atomic E-state index is 14.5. The van der Waals surface area contributed by atoms with Gasteiger partial charge in [0.2, 0.25) is 0 Å². The quantitative estimate of drug-likeness (QED) is 0.398. The predicted octanol–water partition coefficient (Wildman–Crippen LogP) is 7.53. The summed E-state index contributed by atoms with van der Waals surface area (Å²) in [5.41, 5.74) is 8.77. The maximum atomic E-state index is 14.5. The number of Topliss-reactive ketones (excluding diaryl/α,β-unsaturated/α-hetero) is 3. The summed E-state index contributed by atoms with van der Waals surface area (Å²) < 4.78 is 0. The van der Waals surface area contributed by atoms with Crippen molar-refractivity contribution in [1.29, 1.82) is 0 Å². The normalized spacial score (nSPS) is 27.9. The van der Waals surface area contributed by atoms with Gasteiger partial charge in [0, 0.05) is 23.3 Å². The summed E-state index contributed by atoms with van der Waals surface area (Å²) in [5, 5.41) is 11.4. The lowest BCUT2D eigenvalue weighted by atomic mass is 9.47. The molecule has 0 aliphatic heterocycles. The van der Waals surface area contributed by atoms with Crippen molar-refractivity contribution in [2.75, 3.05) is 0 Å². The lowest BCUT2D eigenvalue weighted by Crippen LogP contribution is -2.54. The lowest BCUT2D eigenvalue weighted by Gasteiger charge is -2.55. The van der Waals surface area contributed by atoms with Gasteiger partial charge in [0.1, 0.15) is 5.76 Å². The molecule has 1 fully saturated rings. The fraction of sp³-hybridized carbons (Fsp3) is 0.528. The van der Waals surface area contributed by atoms with Crippen LogP contribution in [-0.4, -0.2) is 22.5 Å². The molecule has 4 nitrogen and oxygen atoms in total. The molecule has 0 bridgehead atoms. The van der Waals surface area contributed by atoms with E-state index in [0.29, 0.717) is 12.3 Å². The largest absolute Gasteiger partial charge is 0.511 e. The number of benzene rings is 2. The van der Waals surface area contributed by atoms with Gasteiger partial charge in [-0.3, -0.25) is 14.4 Å². The van der Waals surface area contributed by atoms with Crippen LogP contribution in [0.2, 0.25) is 0 Å². The van der Waals surface area contributed by atoms with E-state index in [0.717, 1.165) is 30.4 Å². The van der Waals surface area contributed by atoms with Crippen LogP contribution in [0.15, 0.2) is 35.6 Å². The Morgan fingerprint density at radius 2 is 1.75 bits per heavy atom. The maximum Gasteiger partial charge on any atom is 0.170 e. The molecule has 3 aliphatic carbocycles. The average molecular weight is 541 g/mol. The minimum absolute atomic E-state index is 0.0559. The second-order valence-corrected chi connectivity index (χ2v) is 13.4. The number of aliphatic hydroxyl groups is 1. The molecule has 0 amide bonds. The first-order valence-electron chi connectivity index (χ1n) is 15.0. The molecule has 0 aromatic heterocycles. The number of fused-ring (bicyclic) bond motifs is 3. The zero-order valence-corrected chi connectivity index (χ0v) is 25.4. The minimum Gasteiger partial charge on any atom is -0.511 e. The van der Waals surface area contributed by atoms with Crippen LogP contribution >= 0.6 is 0 Å². The number of carbonyl (C=O) groups is 3. The molecule has 3 aliphatic rings. The monoisotopic (exact) mass is 540 g/mol. The average Bonchev–Trinajstić information content (AvgIpc) is 2.87. The van der Waals surface area contributed by atoms with Crippen molar-refractivity contribution in [2.45, 2.75) is 93.4 Å². The highest BCUT2D eigenvalue weighted by Gasteiger charge is 2.59. The molecule has 1 saturated carbocycles. The summed E-state index contributed by atoms with van der Waals surface area (Å²) in [4.78, 5) is 39.8. The van der Waals surface area contributed by atoms with Crippen LogP contribution in [0.3, 0.4) is 0 Å². The third kappa shape index (κ3) is 4.30. The first-order chi connectivity index (χ1) is 18.8. The molecule has 0 spiro atoms. The molecule has 5 atom stereocenters. The van der Waals surface area contributed by atoms with E-state index in [1.165, 1.54) is 40.3 Å². The summed E-state index contributed by atoms with van der Waals surface area (Å²) in [6.45, 7) is 16.2. The van der Waals surface area contributed by atoms with Crippen molar-refractivity contribution in [3.8, 4) is 0 Å². The summed E-state index contributed by atoms with van der Waals surface area (Å²) in [6, 6.07) is 9.02. The molecule has 4 heteroatoms. The van der Waals surface area contributed by atoms with Gasteiger partial charge in [0.15, 0.2) is 17.3 Å². The predicted molar refractivity (Wildman–Crippen MR) is 159 cm³/mol. The molecular weight excluding hydrogens is 496 g/mol. The summed E-state index contributed by atoms with van der Waals surface area (Å²) >= 11 is 0. The Balaban J connectivity index is 1.56. The molecule has 5 unspecified atom stereocenters. The van der Waals surface area contributed by atoms with Crippen LogP contribution < -0.4 is 0 Å². The number of hydrogen-bond acceptors (Lipinski definition) is 4. The number of carbonyl (C=O) groups excluding carboxylic acids is 3. The van der Waals surface area contributed by atoms with E-state index in [9.17, 15) is 19.5 Å². The van der Waals surface area contributed by atoms with Gasteiger partial charge >= 0.3 is 0 Å². The van der Waals surface area contributed by atoms with E-state index in [1.54, 1.807) is 0 Å². The standard InChI is InChI=1S/C36H44O4/c1-18(2)28-15-25(12-11-24-10-9-19(3)20(4)13-24)21(5)31-29(28)16-26-14-27-17-30(38)33(23(7)37)35(40)36(27,8)22(6)32(26)34(31)39/h9-10,13,15,18,22,26-27,32,40H,11-12,14,16-17H2,1-8H3. The molecule has 1 N–H and O–H groups in total. The number of rotatable bonds is 5. The van der Waals surface area contributed by atoms with Crippen molar-refractivity contribution < 1.29 is 19.5 Å². The molecule has 0 radical (unpaired) electrons. The Hall–Kier alpha value is -3.01. The minimum atomic E-state index is -0.765. The van der Waals surface area contributed by atoms with Crippen molar-refractivity contribution in [2.24, 2.45) is 29.1 Å². The van der Waals surface area contributed by atoms with E-state index in [4.69, 9.17) is 0 Å². The second kappa shape index (κ2) is 10.1. The van der Waals surface area contributed by atoms with Gasteiger partial charge in [-0.05, 0) is 116 Å². The fourth-order valence-corrected chi connectivity index (χ4v) is 8.27. The number of ketones is 3. The third-order valence-electron chi connectivity index (χ3n) is 11.0. The van der Waals surface area contributed by atoms with E-state index in [2.05, 4.69) is 65.8 Å². The highest BCUT2D eigenvalue weighted by molar-refractivity contribution is 6.20. The van der Waals surface area contributed by atoms with Gasteiger partial charge in [0.05, 0.1) is 5.57 Å². The highest BCUT2D eigenvalue weighted by Crippen LogP contribution is 2.60. The summed E-state index contributed by atoms with van der Waals surface area (Å²) in [6.07, 6.45) is 3.61. The smallest absolute Gasteiger partial charge is 0.170 e. The van der Waals surface area contributed by atoms with Crippen molar-refractivity contribution in [3.63, 3.8) is 0 Å². The van der Waals surface area contributed by atoms with E-state index in [-0.39, 0.29) is 58.8 Å². The van der Waals surface area contributed by atoms with Crippen molar-refractivity contribution in [1.82, 2.24) is 0 Å². The second-order valence-electron chi connectivity index (χ2n) is 13.4. The number of hydrogen-bond donors (Lipinski definition) is 1. The van der Waals surface area contributed by atoms with Crippen LogP contribution in [0, 0.1) is 49.9 Å². The number of allylic oxidation sites excluding steroid dienone is 2. The Labute approximate surface area is 239 Å². The Kier molecular flexibility index (Phi) is 7.21. The Morgan fingerprint density at radius 1 is 1.05 bits per heavy atom. The van der Waals surface area contributed by atoms with Gasteiger partial charge in [-0.15, -0.1) is 0 Å². The Bertz CT molecular complexity index is 1460. The lowest BCUT2D eigenvalue weighted by molar-refractivity contribution is -0.126. The van der Waals surface area contributed by atoms with Crippen molar-refractivity contribution >= 4 is 17.3 Å². The molecule has 2 aromatic carbocycles. The summed E-state index contributed by atoms with van der Waals surface area (Å²) in [7, 11) is 0. The molecular formula is C36H44O4. The molecule has 0 heterocycles. The third-order valence-corrected chi connectivity index (χ3v) is 11.0. The van der Waals surface area contributed by atoms with Gasteiger partial charge in [0.25, 0.3) is 0 Å². The van der Waals surface area contributed by atoms with E-state index < -0.39 is 5.41 Å². The first kappa shape index (κ1) is 28.5. The molecule has 5 rings (SSSR count). The number of aliphatic hydroxyl groups excluding tert-OH is 1. The van der Waals surface area contributed by atoms with E-state index >= 15 is 0 Å². The van der Waals surface area contributed by atoms with Crippen LogP contribution in [0.4, 0.5) is 0 Å². The van der Waals surface area contributed by atoms with Gasteiger partial charge < -0.3 is 5.11 Å². The highest BCUT2D eigenvalue weighted by atomic mass is 16.3. The molecule has 40 heavy (non-hydrogen) atoms. The number of aryl methyl sites for hydroxylation is 4. The van der Waals surface area contributed by atoms with E-state index in [1.807, 2.05) is 6.92 Å². The molecule has 2 aromatic rings. The van der Waals surface area contributed by atoms with Crippen LogP contribution in [0.5, 0.6) is 0 Å². The van der Waals surface area contributed by atoms with Crippen molar-refractivity contribution in [3.05, 3.63) is 80.1 Å². The topological polar surface area (TPSA) is 71.4 Å². The van der Waals surface area contributed by atoms with Gasteiger partial charge in [-0.25, -0.2) is 0 Å². The molecule has 0 saturated heterocycles. The SMILES string of the molecule is CC(=O)C1=C(O)C2(C)C(CC1=O)CC1Cc3c(C(C)C)cc(CCc4ccc(C)c(C)c4)c(C)c3C(=O)C1C2C. The van der Waals surface area contributed by atoms with Crippen LogP contribution in [0.25, 0.3) is 0 Å². The zero-order valence-electron chi connectivity index (χ0n) is 25.4. The fourth-order valence-electron chi connectivity index (χ4n) is 8.27. The van der Waals surface area contributed by atoms with Crippen LogP contribution in [-0.2, 0) is 28.9 Å². The summed E-state index contributed by atoms with van der Waals surface area (Å²) in [5.74, 6) is -0.624. The first-order valence-corrected chi connectivity index (χ1v) is 15.0. The zero-order chi connectivity index (χ0) is 29.3. The Morgan fingerprint density at radius 3 is 2.38 bits per heavy atom. The van der Waals surface area contributed by atoms with Gasteiger partial charge in [-0.1, -0.05) is 52.0 Å². The molecule has 212 valence electrons. The van der Waals surface area contributed by atoms with Crippen LogP contribution in [0.1, 0.15) is 103 Å². The van der Waals surface area contributed by atoms with Gasteiger partial charge in [-0.2, -0.15) is 0 Å².